The normalized spacial score (nSPS) is 19.5. The lowest BCUT2D eigenvalue weighted by Gasteiger charge is -2.31. The highest BCUT2D eigenvalue weighted by Gasteiger charge is 2.24. The fraction of sp³-hybridized carbons (Fsp3) is 0.700. The highest BCUT2D eigenvalue weighted by atomic mass is 32.1. The van der Waals surface area contributed by atoms with E-state index in [2.05, 4.69) is 22.6 Å². The molecule has 2 rings (SSSR count). The van der Waals surface area contributed by atoms with Gasteiger partial charge in [-0.05, 0) is 32.6 Å². The van der Waals surface area contributed by atoms with Gasteiger partial charge in [0.1, 0.15) is 0 Å². The van der Waals surface area contributed by atoms with Crippen LogP contribution in [0.25, 0.3) is 0 Å². The van der Waals surface area contributed by atoms with Gasteiger partial charge in [0.25, 0.3) is 0 Å². The molecule has 1 unspecified atom stereocenters. The minimum absolute atomic E-state index is 0.597. The van der Waals surface area contributed by atoms with Crippen molar-refractivity contribution in [2.24, 2.45) is 5.92 Å². The molecule has 72 valence electrons. The zero-order chi connectivity index (χ0) is 9.26. The van der Waals surface area contributed by atoms with Crippen LogP contribution in [0.2, 0.25) is 0 Å². The summed E-state index contributed by atoms with van der Waals surface area (Å²) >= 11 is 1.71. The summed E-state index contributed by atoms with van der Waals surface area (Å²) in [5, 5.41) is 6.65. The molecule has 2 nitrogen and oxygen atoms in total. The van der Waals surface area contributed by atoms with Crippen LogP contribution in [0.5, 0.6) is 0 Å². The number of aromatic nitrogens is 1. The Hall–Kier alpha value is -0.570. The summed E-state index contributed by atoms with van der Waals surface area (Å²) in [6.07, 6.45) is 4.19. The molecule has 1 atom stereocenters. The van der Waals surface area contributed by atoms with Crippen molar-refractivity contribution >= 4 is 16.5 Å². The van der Waals surface area contributed by atoms with Crippen molar-refractivity contribution < 1.29 is 0 Å². The monoisotopic (exact) mass is 196 g/mol. The zero-order valence-corrected chi connectivity index (χ0v) is 9.03. The summed E-state index contributed by atoms with van der Waals surface area (Å²) in [6.45, 7) is 4.30. The molecule has 0 saturated heterocycles. The van der Waals surface area contributed by atoms with E-state index in [1.807, 2.05) is 6.92 Å². The zero-order valence-electron chi connectivity index (χ0n) is 8.21. The molecule has 1 aromatic heterocycles. The average Bonchev–Trinajstić information content (AvgIpc) is 2.31. The summed E-state index contributed by atoms with van der Waals surface area (Å²) in [6, 6.07) is 0.597. The lowest BCUT2D eigenvalue weighted by atomic mass is 9.80. The standard InChI is InChI=1S/C10H16N2S/c1-7-6-13-10(11-7)12-8(2)9-4-3-5-9/h6,8-9H,3-5H2,1-2H3,(H,11,12). The van der Waals surface area contributed by atoms with E-state index < -0.39 is 0 Å². The molecule has 0 aromatic carbocycles. The number of nitrogens with one attached hydrogen (secondary N) is 1. The molecule has 1 saturated carbocycles. The predicted octanol–water partition coefficient (Wildman–Crippen LogP) is 3.05. The van der Waals surface area contributed by atoms with Gasteiger partial charge in [-0.2, -0.15) is 0 Å². The smallest absolute Gasteiger partial charge is 0.183 e. The first kappa shape index (κ1) is 9.00. The first-order chi connectivity index (χ1) is 6.25. The van der Waals surface area contributed by atoms with E-state index in [-0.39, 0.29) is 0 Å². The van der Waals surface area contributed by atoms with Gasteiger partial charge >= 0.3 is 0 Å². The van der Waals surface area contributed by atoms with Gasteiger partial charge in [-0.3, -0.25) is 0 Å². The Morgan fingerprint density at radius 2 is 2.38 bits per heavy atom. The second-order valence-electron chi connectivity index (χ2n) is 3.92. The molecule has 13 heavy (non-hydrogen) atoms. The van der Waals surface area contributed by atoms with E-state index in [0.717, 1.165) is 16.7 Å². The minimum Gasteiger partial charge on any atom is -0.359 e. The maximum atomic E-state index is 4.40. The van der Waals surface area contributed by atoms with E-state index in [1.54, 1.807) is 11.3 Å². The largest absolute Gasteiger partial charge is 0.359 e. The Labute approximate surface area is 83.4 Å². The summed E-state index contributed by atoms with van der Waals surface area (Å²) < 4.78 is 0. The minimum atomic E-state index is 0.597. The predicted molar refractivity (Wildman–Crippen MR) is 57.3 cm³/mol. The third-order valence-corrected chi connectivity index (χ3v) is 3.72. The molecule has 0 aliphatic heterocycles. The molecule has 1 fully saturated rings. The third kappa shape index (κ3) is 2.02. The maximum Gasteiger partial charge on any atom is 0.183 e. The van der Waals surface area contributed by atoms with Crippen molar-refractivity contribution in [1.82, 2.24) is 4.98 Å². The maximum absolute atomic E-state index is 4.40. The van der Waals surface area contributed by atoms with Crippen LogP contribution in [0.1, 0.15) is 31.9 Å². The summed E-state index contributed by atoms with van der Waals surface area (Å²) in [4.78, 5) is 4.40. The van der Waals surface area contributed by atoms with Crippen LogP contribution in [0, 0.1) is 12.8 Å². The van der Waals surface area contributed by atoms with Crippen LogP contribution < -0.4 is 5.32 Å². The van der Waals surface area contributed by atoms with Crippen molar-refractivity contribution in [2.45, 2.75) is 39.2 Å². The van der Waals surface area contributed by atoms with E-state index in [4.69, 9.17) is 0 Å². The average molecular weight is 196 g/mol. The fourth-order valence-corrected chi connectivity index (χ4v) is 2.46. The van der Waals surface area contributed by atoms with Crippen molar-refractivity contribution in [3.05, 3.63) is 11.1 Å². The van der Waals surface area contributed by atoms with Crippen molar-refractivity contribution in [2.75, 3.05) is 5.32 Å². The Morgan fingerprint density at radius 1 is 1.62 bits per heavy atom. The molecular weight excluding hydrogens is 180 g/mol. The summed E-state index contributed by atoms with van der Waals surface area (Å²) in [7, 11) is 0. The molecule has 1 aliphatic rings. The SMILES string of the molecule is Cc1csc(NC(C)C2CCC2)n1. The van der Waals surface area contributed by atoms with Crippen molar-refractivity contribution in [3.8, 4) is 0 Å². The topological polar surface area (TPSA) is 24.9 Å². The van der Waals surface area contributed by atoms with Gasteiger partial charge in [0.05, 0.1) is 5.69 Å². The first-order valence-corrected chi connectivity index (χ1v) is 5.82. The molecule has 0 spiro atoms. The molecular formula is C10H16N2S. The van der Waals surface area contributed by atoms with Gasteiger partial charge < -0.3 is 5.32 Å². The highest BCUT2D eigenvalue weighted by Crippen LogP contribution is 2.31. The molecule has 0 radical (unpaired) electrons. The number of hydrogen-bond acceptors (Lipinski definition) is 3. The molecule has 0 amide bonds. The molecule has 1 N–H and O–H groups in total. The number of thiazole rings is 1. The summed E-state index contributed by atoms with van der Waals surface area (Å²) in [5.74, 6) is 0.879. The Morgan fingerprint density at radius 3 is 2.85 bits per heavy atom. The van der Waals surface area contributed by atoms with E-state index in [0.29, 0.717) is 6.04 Å². The van der Waals surface area contributed by atoms with E-state index >= 15 is 0 Å². The van der Waals surface area contributed by atoms with E-state index in [1.165, 1.54) is 19.3 Å². The van der Waals surface area contributed by atoms with Crippen molar-refractivity contribution in [3.63, 3.8) is 0 Å². The van der Waals surface area contributed by atoms with Crippen LogP contribution in [-0.4, -0.2) is 11.0 Å². The number of anilines is 1. The Kier molecular flexibility index (Phi) is 2.54. The Bertz CT molecular complexity index is 278. The number of rotatable bonds is 3. The third-order valence-electron chi connectivity index (χ3n) is 2.83. The lowest BCUT2D eigenvalue weighted by molar-refractivity contribution is 0.285. The molecule has 1 heterocycles. The van der Waals surface area contributed by atoms with Gasteiger partial charge in [0.2, 0.25) is 0 Å². The molecule has 1 aromatic rings. The van der Waals surface area contributed by atoms with Crippen molar-refractivity contribution in [1.29, 1.82) is 0 Å². The highest BCUT2D eigenvalue weighted by molar-refractivity contribution is 7.13. The number of hydrogen-bond donors (Lipinski definition) is 1. The molecule has 1 aliphatic carbocycles. The second-order valence-corrected chi connectivity index (χ2v) is 4.78. The molecule has 0 bridgehead atoms. The molecule has 3 heteroatoms. The van der Waals surface area contributed by atoms with Crippen LogP contribution >= 0.6 is 11.3 Å². The van der Waals surface area contributed by atoms with Gasteiger partial charge in [0, 0.05) is 11.4 Å². The van der Waals surface area contributed by atoms with Crippen LogP contribution in [0.3, 0.4) is 0 Å². The fourth-order valence-electron chi connectivity index (χ4n) is 1.67. The Balaban J connectivity index is 1.89. The second kappa shape index (κ2) is 3.66. The lowest BCUT2D eigenvalue weighted by Crippen LogP contribution is -2.30. The van der Waals surface area contributed by atoms with E-state index in [9.17, 15) is 0 Å². The van der Waals surface area contributed by atoms with Gasteiger partial charge in [-0.25, -0.2) is 4.98 Å². The number of aryl methyl sites for hydroxylation is 1. The first-order valence-electron chi connectivity index (χ1n) is 4.94. The van der Waals surface area contributed by atoms with Crippen LogP contribution in [0.4, 0.5) is 5.13 Å². The summed E-state index contributed by atoms with van der Waals surface area (Å²) in [5.41, 5.74) is 1.12. The van der Waals surface area contributed by atoms with Gasteiger partial charge in [0.15, 0.2) is 5.13 Å². The van der Waals surface area contributed by atoms with Crippen LogP contribution in [0.15, 0.2) is 5.38 Å². The van der Waals surface area contributed by atoms with Gasteiger partial charge in [-0.1, -0.05) is 6.42 Å². The van der Waals surface area contributed by atoms with Crippen LogP contribution in [-0.2, 0) is 0 Å². The quantitative estimate of drug-likeness (QED) is 0.803. The number of nitrogens with zero attached hydrogens (tertiary/aromatic N) is 1. The van der Waals surface area contributed by atoms with Gasteiger partial charge in [-0.15, -0.1) is 11.3 Å².